The van der Waals surface area contributed by atoms with Crippen molar-refractivity contribution in [2.75, 3.05) is 4.90 Å². The molecule has 0 unspecified atom stereocenters. The Labute approximate surface area is 293 Å². The van der Waals surface area contributed by atoms with Crippen molar-refractivity contribution in [2.45, 2.75) is 0 Å². The third kappa shape index (κ3) is 4.32. The molecule has 0 atom stereocenters. The van der Waals surface area contributed by atoms with Crippen molar-refractivity contribution in [2.24, 2.45) is 0 Å². The molecule has 0 radical (unpaired) electrons. The van der Waals surface area contributed by atoms with E-state index in [1.807, 2.05) is 12.1 Å². The zero-order valence-electron chi connectivity index (χ0n) is 27.5. The van der Waals surface area contributed by atoms with Gasteiger partial charge in [0.15, 0.2) is 0 Å². The molecule has 3 nitrogen and oxygen atoms in total. The molecular formula is C48H29NO2. The molecule has 0 aliphatic rings. The number of furan rings is 2. The highest BCUT2D eigenvalue weighted by atomic mass is 16.3. The fraction of sp³-hybridized carbons (Fsp3) is 0. The predicted octanol–water partition coefficient (Wildman–Crippen LogP) is 14.1. The highest BCUT2D eigenvalue weighted by molar-refractivity contribution is 6.20. The number of rotatable bonds is 4. The van der Waals surface area contributed by atoms with Crippen molar-refractivity contribution >= 4 is 93.3 Å². The van der Waals surface area contributed by atoms with E-state index < -0.39 is 0 Å². The van der Waals surface area contributed by atoms with E-state index in [1.165, 1.54) is 32.7 Å². The van der Waals surface area contributed by atoms with Gasteiger partial charge in [0.2, 0.25) is 0 Å². The molecule has 0 saturated heterocycles. The summed E-state index contributed by atoms with van der Waals surface area (Å²) in [7, 11) is 0. The van der Waals surface area contributed by atoms with Crippen LogP contribution >= 0.6 is 0 Å². The number of anilines is 3. The van der Waals surface area contributed by atoms with Gasteiger partial charge >= 0.3 is 0 Å². The van der Waals surface area contributed by atoms with Crippen molar-refractivity contribution in [3.8, 4) is 11.1 Å². The van der Waals surface area contributed by atoms with Crippen molar-refractivity contribution in [3.05, 3.63) is 176 Å². The fourth-order valence-electron chi connectivity index (χ4n) is 8.00. The number of benzene rings is 9. The number of hydrogen-bond donors (Lipinski definition) is 0. The third-order valence-corrected chi connectivity index (χ3v) is 10.4. The smallest absolute Gasteiger partial charge is 0.143 e. The van der Waals surface area contributed by atoms with Crippen LogP contribution in [0.25, 0.3) is 87.3 Å². The minimum atomic E-state index is 0.856. The van der Waals surface area contributed by atoms with Crippen molar-refractivity contribution < 1.29 is 8.83 Å². The number of fused-ring (bicyclic) bond motifs is 11. The van der Waals surface area contributed by atoms with Gasteiger partial charge in [-0.15, -0.1) is 0 Å². The highest BCUT2D eigenvalue weighted by Crippen LogP contribution is 2.45. The summed E-state index contributed by atoms with van der Waals surface area (Å²) >= 11 is 0. The molecule has 0 aliphatic heterocycles. The van der Waals surface area contributed by atoms with Crippen LogP contribution in [0.4, 0.5) is 17.1 Å². The first kappa shape index (κ1) is 28.0. The first-order valence-corrected chi connectivity index (χ1v) is 17.3. The zero-order valence-corrected chi connectivity index (χ0v) is 27.5. The van der Waals surface area contributed by atoms with Crippen LogP contribution in [0, 0.1) is 0 Å². The third-order valence-electron chi connectivity index (χ3n) is 10.4. The van der Waals surface area contributed by atoms with Crippen molar-refractivity contribution in [1.82, 2.24) is 0 Å². The Hall–Kier alpha value is -6.84. The molecule has 238 valence electrons. The maximum Gasteiger partial charge on any atom is 0.143 e. The molecule has 2 aromatic heterocycles. The monoisotopic (exact) mass is 651 g/mol. The van der Waals surface area contributed by atoms with Crippen LogP contribution in [0.2, 0.25) is 0 Å². The number of nitrogens with zero attached hydrogens (tertiary/aromatic N) is 1. The summed E-state index contributed by atoms with van der Waals surface area (Å²) in [5, 5.41) is 11.7. The lowest BCUT2D eigenvalue weighted by molar-refractivity contribution is 0.669. The van der Waals surface area contributed by atoms with Crippen LogP contribution in [0.1, 0.15) is 0 Å². The number of hydrogen-bond acceptors (Lipinski definition) is 3. The molecule has 0 spiro atoms. The van der Waals surface area contributed by atoms with Gasteiger partial charge in [0, 0.05) is 39.0 Å². The summed E-state index contributed by atoms with van der Waals surface area (Å²) in [6.45, 7) is 0. The Morgan fingerprint density at radius 2 is 0.941 bits per heavy atom. The summed E-state index contributed by atoms with van der Waals surface area (Å²) in [5.41, 5.74) is 8.96. The van der Waals surface area contributed by atoms with E-state index in [4.69, 9.17) is 8.83 Å². The van der Waals surface area contributed by atoms with E-state index in [2.05, 4.69) is 169 Å². The SMILES string of the molecule is c1ccc2c(c1)ccc1cc(-c3ccc(N(c4ccc5c(c4)oc4ccccc45)c4cccc5oc6c7ccccc7ccc6c45)cc3)ccc12. The molecule has 0 bridgehead atoms. The summed E-state index contributed by atoms with van der Waals surface area (Å²) in [5.74, 6) is 0. The van der Waals surface area contributed by atoms with Gasteiger partial charge in [-0.25, -0.2) is 0 Å². The first-order valence-electron chi connectivity index (χ1n) is 17.3. The summed E-state index contributed by atoms with van der Waals surface area (Å²) in [6, 6.07) is 62.6. The van der Waals surface area contributed by atoms with E-state index in [9.17, 15) is 0 Å². The Bertz CT molecular complexity index is 3150. The molecule has 9 aromatic carbocycles. The summed E-state index contributed by atoms with van der Waals surface area (Å²) < 4.78 is 13.0. The molecule has 0 saturated carbocycles. The second-order valence-electron chi connectivity index (χ2n) is 13.3. The largest absolute Gasteiger partial charge is 0.456 e. The Morgan fingerprint density at radius 3 is 1.82 bits per heavy atom. The Kier molecular flexibility index (Phi) is 5.96. The second kappa shape index (κ2) is 10.8. The van der Waals surface area contributed by atoms with E-state index in [0.717, 1.165) is 71.7 Å². The number of para-hydroxylation sites is 1. The van der Waals surface area contributed by atoms with Crippen molar-refractivity contribution in [3.63, 3.8) is 0 Å². The standard InChI is InChI=1S/C48H29NO2/c1-3-10-37-31(8-1)16-17-34-28-33(21-25-38(34)37)30-18-22-35(23-19-30)49(36-24-27-41-40-12-5-6-14-44(40)50-46(41)29-36)43-13-7-15-45-47(43)42-26-20-32-9-2-4-11-39(32)48(42)51-45/h1-29H. The van der Waals surface area contributed by atoms with Gasteiger partial charge in [-0.1, -0.05) is 115 Å². The topological polar surface area (TPSA) is 29.5 Å². The molecule has 2 heterocycles. The lowest BCUT2D eigenvalue weighted by atomic mass is 9.97. The molecule has 0 amide bonds. The molecule has 11 rings (SSSR count). The minimum absolute atomic E-state index is 0.856. The van der Waals surface area contributed by atoms with Gasteiger partial charge in [0.05, 0.1) is 11.1 Å². The molecule has 0 N–H and O–H groups in total. The molecule has 0 fully saturated rings. The molecule has 0 aliphatic carbocycles. The molecular weight excluding hydrogens is 623 g/mol. The molecule has 11 aromatic rings. The van der Waals surface area contributed by atoms with Crippen LogP contribution in [-0.2, 0) is 0 Å². The van der Waals surface area contributed by atoms with Gasteiger partial charge in [-0.2, -0.15) is 0 Å². The Balaban J connectivity index is 1.10. The Morgan fingerprint density at radius 1 is 0.333 bits per heavy atom. The van der Waals surface area contributed by atoms with Gasteiger partial charge in [-0.3, -0.25) is 0 Å². The van der Waals surface area contributed by atoms with Gasteiger partial charge in [0.25, 0.3) is 0 Å². The van der Waals surface area contributed by atoms with Crippen LogP contribution < -0.4 is 4.90 Å². The fourth-order valence-corrected chi connectivity index (χ4v) is 8.00. The maximum atomic E-state index is 6.63. The quantitative estimate of drug-likeness (QED) is 0.177. The zero-order chi connectivity index (χ0) is 33.5. The van der Waals surface area contributed by atoms with Crippen LogP contribution in [0.3, 0.4) is 0 Å². The lowest BCUT2D eigenvalue weighted by Crippen LogP contribution is -2.10. The molecule has 51 heavy (non-hydrogen) atoms. The van der Waals surface area contributed by atoms with Crippen LogP contribution in [0.15, 0.2) is 185 Å². The van der Waals surface area contributed by atoms with Crippen LogP contribution in [-0.4, -0.2) is 0 Å². The van der Waals surface area contributed by atoms with E-state index >= 15 is 0 Å². The normalized spacial score (nSPS) is 11.9. The molecule has 3 heteroatoms. The average Bonchev–Trinajstić information content (AvgIpc) is 3.77. The van der Waals surface area contributed by atoms with Gasteiger partial charge in [-0.05, 0) is 92.7 Å². The average molecular weight is 652 g/mol. The van der Waals surface area contributed by atoms with Gasteiger partial charge < -0.3 is 13.7 Å². The first-order chi connectivity index (χ1) is 25.3. The minimum Gasteiger partial charge on any atom is -0.456 e. The summed E-state index contributed by atoms with van der Waals surface area (Å²) in [6.07, 6.45) is 0. The van der Waals surface area contributed by atoms with Crippen LogP contribution in [0.5, 0.6) is 0 Å². The predicted molar refractivity (Wildman–Crippen MR) is 214 cm³/mol. The van der Waals surface area contributed by atoms with E-state index in [0.29, 0.717) is 0 Å². The van der Waals surface area contributed by atoms with Gasteiger partial charge in [0.1, 0.15) is 22.3 Å². The summed E-state index contributed by atoms with van der Waals surface area (Å²) in [4.78, 5) is 2.33. The lowest BCUT2D eigenvalue weighted by Gasteiger charge is -2.26. The van der Waals surface area contributed by atoms with Crippen molar-refractivity contribution in [1.29, 1.82) is 0 Å². The van der Waals surface area contributed by atoms with E-state index in [1.54, 1.807) is 0 Å². The highest BCUT2D eigenvalue weighted by Gasteiger charge is 2.21. The van der Waals surface area contributed by atoms with E-state index in [-0.39, 0.29) is 0 Å². The second-order valence-corrected chi connectivity index (χ2v) is 13.3. The maximum absolute atomic E-state index is 6.63.